The van der Waals surface area contributed by atoms with Crippen LogP contribution in [-0.4, -0.2) is 14.3 Å². The predicted octanol–water partition coefficient (Wildman–Crippen LogP) is 3.32. The number of thiophene rings is 1. The van der Waals surface area contributed by atoms with E-state index in [0.717, 1.165) is 15.8 Å². The van der Waals surface area contributed by atoms with Crippen LogP contribution in [0.25, 0.3) is 16.2 Å². The van der Waals surface area contributed by atoms with Crippen LogP contribution in [0.3, 0.4) is 0 Å². The van der Waals surface area contributed by atoms with Crippen LogP contribution in [0.1, 0.15) is 0 Å². The Balaban J connectivity index is 2.22. The first-order valence-corrected chi connectivity index (χ1v) is 6.85. The molecule has 0 unspecified atom stereocenters. The number of pyridine rings is 1. The SMILES string of the molecule is Nc1c(-c2ccc([N+](=O)[O-])s2)nc2c(Br)cccn12. The Hall–Kier alpha value is -1.93. The predicted molar refractivity (Wildman–Crippen MR) is 77.3 cm³/mol. The smallest absolute Gasteiger partial charge is 0.324 e. The van der Waals surface area contributed by atoms with Crippen molar-refractivity contribution in [2.24, 2.45) is 0 Å². The zero-order valence-corrected chi connectivity index (χ0v) is 11.8. The summed E-state index contributed by atoms with van der Waals surface area (Å²) in [4.78, 5) is 15.4. The Bertz CT molecular complexity index is 795. The summed E-state index contributed by atoms with van der Waals surface area (Å²) in [5, 5.41) is 10.8. The Kier molecular flexibility index (Phi) is 2.76. The fraction of sp³-hybridized carbons (Fsp3) is 0. The van der Waals surface area contributed by atoms with E-state index >= 15 is 0 Å². The van der Waals surface area contributed by atoms with Gasteiger partial charge in [-0.25, -0.2) is 4.98 Å². The van der Waals surface area contributed by atoms with Crippen LogP contribution < -0.4 is 5.73 Å². The molecule has 0 fully saturated rings. The largest absolute Gasteiger partial charge is 0.383 e. The van der Waals surface area contributed by atoms with Crippen LogP contribution in [0.2, 0.25) is 0 Å². The van der Waals surface area contributed by atoms with Crippen molar-refractivity contribution in [1.29, 1.82) is 0 Å². The van der Waals surface area contributed by atoms with Gasteiger partial charge in [-0.05, 0) is 34.1 Å². The highest BCUT2D eigenvalue weighted by atomic mass is 79.9. The molecule has 0 aliphatic rings. The molecule has 3 aromatic rings. The molecule has 0 spiro atoms. The van der Waals surface area contributed by atoms with Crippen LogP contribution in [0.4, 0.5) is 10.8 Å². The van der Waals surface area contributed by atoms with Crippen LogP contribution in [0, 0.1) is 10.1 Å². The topological polar surface area (TPSA) is 86.5 Å². The fourth-order valence-electron chi connectivity index (χ4n) is 1.79. The number of nitro groups is 1. The lowest BCUT2D eigenvalue weighted by Gasteiger charge is -1.96. The van der Waals surface area contributed by atoms with Crippen molar-refractivity contribution in [3.8, 4) is 10.6 Å². The van der Waals surface area contributed by atoms with Crippen molar-refractivity contribution in [3.63, 3.8) is 0 Å². The summed E-state index contributed by atoms with van der Waals surface area (Å²) in [5.74, 6) is 0.466. The zero-order chi connectivity index (χ0) is 13.6. The van der Waals surface area contributed by atoms with Gasteiger partial charge in [-0.3, -0.25) is 14.5 Å². The van der Waals surface area contributed by atoms with E-state index in [1.54, 1.807) is 16.7 Å². The normalized spacial score (nSPS) is 11.0. The van der Waals surface area contributed by atoms with E-state index in [-0.39, 0.29) is 5.00 Å². The number of nitrogens with zero attached hydrogens (tertiary/aromatic N) is 3. The van der Waals surface area contributed by atoms with Gasteiger partial charge in [0.2, 0.25) is 0 Å². The number of halogens is 1. The molecule has 0 aliphatic heterocycles. The van der Waals surface area contributed by atoms with Crippen molar-refractivity contribution >= 4 is 43.7 Å². The number of anilines is 1. The summed E-state index contributed by atoms with van der Waals surface area (Å²) in [6, 6.07) is 6.82. The van der Waals surface area contributed by atoms with Crippen molar-refractivity contribution < 1.29 is 4.92 Å². The van der Waals surface area contributed by atoms with E-state index in [4.69, 9.17) is 5.73 Å². The minimum absolute atomic E-state index is 0.0746. The molecule has 3 aromatic heterocycles. The molecule has 96 valence electrons. The van der Waals surface area contributed by atoms with Crippen molar-refractivity contribution in [3.05, 3.63) is 45.0 Å². The molecule has 8 heteroatoms. The molecule has 0 bridgehead atoms. The van der Waals surface area contributed by atoms with Gasteiger partial charge in [0.05, 0.1) is 14.3 Å². The van der Waals surface area contributed by atoms with Gasteiger partial charge >= 0.3 is 5.00 Å². The summed E-state index contributed by atoms with van der Waals surface area (Å²) in [6.07, 6.45) is 1.80. The monoisotopic (exact) mass is 338 g/mol. The van der Waals surface area contributed by atoms with E-state index in [2.05, 4.69) is 20.9 Å². The Morgan fingerprint density at radius 2 is 2.21 bits per heavy atom. The van der Waals surface area contributed by atoms with E-state index in [1.165, 1.54) is 6.07 Å². The second kappa shape index (κ2) is 4.32. The average Bonchev–Trinajstić information content (AvgIpc) is 2.96. The third kappa shape index (κ3) is 1.89. The lowest BCUT2D eigenvalue weighted by atomic mass is 10.3. The van der Waals surface area contributed by atoms with Crippen LogP contribution in [0.5, 0.6) is 0 Å². The van der Waals surface area contributed by atoms with Crippen molar-refractivity contribution in [1.82, 2.24) is 9.38 Å². The highest BCUT2D eigenvalue weighted by Crippen LogP contribution is 2.36. The summed E-state index contributed by atoms with van der Waals surface area (Å²) >= 11 is 4.46. The molecule has 0 aromatic carbocycles. The number of nitrogen functional groups attached to an aromatic ring is 1. The minimum Gasteiger partial charge on any atom is -0.383 e. The number of fused-ring (bicyclic) bond motifs is 1. The van der Waals surface area contributed by atoms with Gasteiger partial charge in [0.15, 0.2) is 5.65 Å². The highest BCUT2D eigenvalue weighted by molar-refractivity contribution is 9.10. The molecule has 6 nitrogen and oxygen atoms in total. The van der Waals surface area contributed by atoms with E-state index in [9.17, 15) is 10.1 Å². The summed E-state index contributed by atoms with van der Waals surface area (Å²) in [7, 11) is 0. The Morgan fingerprint density at radius 3 is 2.84 bits per heavy atom. The Morgan fingerprint density at radius 1 is 1.42 bits per heavy atom. The minimum atomic E-state index is -0.421. The number of nitrogens with two attached hydrogens (primary N) is 1. The van der Waals surface area contributed by atoms with Gasteiger partial charge in [-0.2, -0.15) is 0 Å². The van der Waals surface area contributed by atoms with Crippen molar-refractivity contribution in [2.75, 3.05) is 5.73 Å². The third-order valence-corrected chi connectivity index (χ3v) is 4.31. The molecule has 0 saturated heterocycles. The van der Waals surface area contributed by atoms with Gasteiger partial charge in [0.1, 0.15) is 11.5 Å². The Labute approximate surface area is 119 Å². The van der Waals surface area contributed by atoms with E-state index < -0.39 is 4.92 Å². The number of rotatable bonds is 2. The molecule has 3 heterocycles. The first-order valence-electron chi connectivity index (χ1n) is 5.24. The highest BCUT2D eigenvalue weighted by Gasteiger charge is 2.17. The fourth-order valence-corrected chi connectivity index (χ4v) is 3.04. The van der Waals surface area contributed by atoms with Gasteiger partial charge in [-0.1, -0.05) is 11.3 Å². The van der Waals surface area contributed by atoms with Crippen LogP contribution in [-0.2, 0) is 0 Å². The maximum atomic E-state index is 10.7. The maximum absolute atomic E-state index is 10.7. The van der Waals surface area contributed by atoms with E-state index in [1.807, 2.05) is 12.1 Å². The average molecular weight is 339 g/mol. The zero-order valence-electron chi connectivity index (χ0n) is 9.41. The molecule has 2 N–H and O–H groups in total. The van der Waals surface area contributed by atoms with Crippen molar-refractivity contribution in [2.45, 2.75) is 0 Å². The molecule has 3 rings (SSSR count). The van der Waals surface area contributed by atoms with Crippen LogP contribution >= 0.6 is 27.3 Å². The van der Waals surface area contributed by atoms with E-state index in [0.29, 0.717) is 22.0 Å². The molecule has 0 amide bonds. The summed E-state index contributed by atoms with van der Waals surface area (Å²) < 4.78 is 2.56. The number of hydrogen-bond donors (Lipinski definition) is 1. The van der Waals surface area contributed by atoms with Gasteiger partial charge < -0.3 is 5.73 Å². The van der Waals surface area contributed by atoms with Gasteiger partial charge in [-0.15, -0.1) is 0 Å². The van der Waals surface area contributed by atoms with Gasteiger partial charge in [0.25, 0.3) is 0 Å². The first-order chi connectivity index (χ1) is 9.08. The van der Waals surface area contributed by atoms with Crippen LogP contribution in [0.15, 0.2) is 34.9 Å². The molecular weight excluding hydrogens is 332 g/mol. The second-order valence-electron chi connectivity index (χ2n) is 3.79. The third-order valence-electron chi connectivity index (χ3n) is 2.64. The lowest BCUT2D eigenvalue weighted by molar-refractivity contribution is -0.380. The maximum Gasteiger partial charge on any atom is 0.324 e. The number of aromatic nitrogens is 2. The second-order valence-corrected chi connectivity index (χ2v) is 5.71. The quantitative estimate of drug-likeness (QED) is 0.573. The molecule has 0 aliphatic carbocycles. The lowest BCUT2D eigenvalue weighted by Crippen LogP contribution is -1.93. The van der Waals surface area contributed by atoms with Gasteiger partial charge in [0, 0.05) is 12.3 Å². The number of imidazole rings is 1. The molecular formula is C11H7BrN4O2S. The number of hydrogen-bond acceptors (Lipinski definition) is 5. The summed E-state index contributed by atoms with van der Waals surface area (Å²) in [5.41, 5.74) is 7.29. The molecule has 19 heavy (non-hydrogen) atoms. The molecule has 0 atom stereocenters. The summed E-state index contributed by atoms with van der Waals surface area (Å²) in [6.45, 7) is 0. The molecule has 0 saturated carbocycles. The standard InChI is InChI=1S/C11H7BrN4O2S/c12-6-2-1-5-15-10(13)9(14-11(6)15)7-3-4-8(19-7)16(17)18/h1-5H,13H2. The molecule has 0 radical (unpaired) electrons. The first kappa shape index (κ1) is 12.1.